The fourth-order valence-corrected chi connectivity index (χ4v) is 3.98. The fourth-order valence-electron chi connectivity index (χ4n) is 3.98. The molecule has 0 aromatic carbocycles. The third-order valence-electron chi connectivity index (χ3n) is 5.12. The Morgan fingerprint density at radius 3 is 2.26 bits per heavy atom. The molecule has 1 heterocycles. The topological polar surface area (TPSA) is 6.48 Å². The van der Waals surface area contributed by atoms with Gasteiger partial charge in [-0.3, -0.25) is 9.80 Å². The third kappa shape index (κ3) is 4.46. The highest BCUT2D eigenvalue weighted by atomic mass is 15.3. The molecule has 1 aliphatic heterocycles. The minimum absolute atomic E-state index is 0.604. The van der Waals surface area contributed by atoms with Crippen LogP contribution in [-0.2, 0) is 0 Å². The molecule has 0 aromatic heterocycles. The summed E-state index contributed by atoms with van der Waals surface area (Å²) >= 11 is 0. The molecule has 0 aromatic rings. The van der Waals surface area contributed by atoms with Gasteiger partial charge in [-0.1, -0.05) is 39.5 Å². The van der Waals surface area contributed by atoms with E-state index in [-0.39, 0.29) is 0 Å². The molecule has 1 atom stereocenters. The van der Waals surface area contributed by atoms with Crippen LogP contribution in [0.25, 0.3) is 0 Å². The molecule has 19 heavy (non-hydrogen) atoms. The molecule has 2 fully saturated rings. The quantitative estimate of drug-likeness (QED) is 0.718. The average Bonchev–Trinajstić information content (AvgIpc) is 2.49. The van der Waals surface area contributed by atoms with Gasteiger partial charge in [-0.15, -0.1) is 0 Å². The second-order valence-electron chi connectivity index (χ2n) is 6.46. The number of piperidine rings is 1. The molecule has 1 saturated heterocycles. The molecule has 0 N–H and O–H groups in total. The van der Waals surface area contributed by atoms with Gasteiger partial charge in [0.1, 0.15) is 0 Å². The van der Waals surface area contributed by atoms with Crippen molar-refractivity contribution in [1.29, 1.82) is 0 Å². The number of nitrogens with zero attached hydrogens (tertiary/aromatic N) is 2. The predicted octanol–water partition coefficient (Wildman–Crippen LogP) is 3.92. The maximum Gasteiger partial charge on any atom is 0.0622 e. The minimum Gasteiger partial charge on any atom is -0.288 e. The van der Waals surface area contributed by atoms with Crippen molar-refractivity contribution < 1.29 is 0 Å². The maximum atomic E-state index is 4.24. The molecule has 2 nitrogen and oxygen atoms in total. The molecule has 1 unspecified atom stereocenters. The molecule has 1 radical (unpaired) electrons. The van der Waals surface area contributed by atoms with Crippen LogP contribution in [0, 0.1) is 12.8 Å². The molecule has 1 aliphatic carbocycles. The molecule has 2 rings (SSSR count). The molecular formula is C17H33N2. The van der Waals surface area contributed by atoms with Crippen LogP contribution >= 0.6 is 0 Å². The van der Waals surface area contributed by atoms with E-state index in [9.17, 15) is 0 Å². The van der Waals surface area contributed by atoms with E-state index in [4.69, 9.17) is 0 Å². The van der Waals surface area contributed by atoms with Crippen molar-refractivity contribution in [1.82, 2.24) is 9.80 Å². The number of hydrogen-bond donors (Lipinski definition) is 0. The van der Waals surface area contributed by atoms with Gasteiger partial charge in [0.2, 0.25) is 0 Å². The Labute approximate surface area is 120 Å². The van der Waals surface area contributed by atoms with Crippen LogP contribution in [0.3, 0.4) is 0 Å². The van der Waals surface area contributed by atoms with Crippen molar-refractivity contribution in [2.24, 2.45) is 5.92 Å². The van der Waals surface area contributed by atoms with Crippen LogP contribution < -0.4 is 0 Å². The van der Waals surface area contributed by atoms with E-state index in [2.05, 4.69) is 23.6 Å². The standard InChI is InChI=1S/C17H33N2/c1-3-17(19-13-9-6-10-14-19)18(4-2)15-16-11-7-5-8-12-16/h16-17H,1,3-15H2,2H3. The molecule has 0 amide bonds. The summed E-state index contributed by atoms with van der Waals surface area (Å²) in [7, 11) is 0. The first-order valence-electron chi connectivity index (χ1n) is 8.62. The highest BCUT2D eigenvalue weighted by Gasteiger charge is 2.26. The van der Waals surface area contributed by atoms with Crippen LogP contribution in [0.2, 0.25) is 0 Å². The van der Waals surface area contributed by atoms with Crippen LogP contribution in [0.1, 0.15) is 64.7 Å². The number of hydrogen-bond acceptors (Lipinski definition) is 2. The summed E-state index contributed by atoms with van der Waals surface area (Å²) in [5.41, 5.74) is 0. The zero-order valence-electron chi connectivity index (χ0n) is 12.9. The minimum atomic E-state index is 0.604. The van der Waals surface area contributed by atoms with Gasteiger partial charge in [0, 0.05) is 6.54 Å². The Balaban J connectivity index is 1.88. The Kier molecular flexibility index (Phi) is 6.66. The summed E-state index contributed by atoms with van der Waals surface area (Å²) in [4.78, 5) is 5.41. The van der Waals surface area contributed by atoms with Crippen molar-refractivity contribution in [3.63, 3.8) is 0 Å². The first-order chi connectivity index (χ1) is 9.35. The first kappa shape index (κ1) is 15.3. The molecular weight excluding hydrogens is 232 g/mol. The maximum absolute atomic E-state index is 4.24. The monoisotopic (exact) mass is 265 g/mol. The predicted molar refractivity (Wildman–Crippen MR) is 83.0 cm³/mol. The lowest BCUT2D eigenvalue weighted by Gasteiger charge is -2.42. The SMILES string of the molecule is [CH2]CC(N1CCCCC1)N(CC)CC1CCCCC1. The Hall–Kier alpha value is -0.0800. The molecule has 0 bridgehead atoms. The van der Waals surface area contributed by atoms with Crippen molar-refractivity contribution >= 4 is 0 Å². The normalized spacial score (nSPS) is 24.8. The summed E-state index contributed by atoms with van der Waals surface area (Å²) in [6.45, 7) is 11.7. The summed E-state index contributed by atoms with van der Waals surface area (Å²) in [6.07, 6.45) is 13.1. The smallest absolute Gasteiger partial charge is 0.0622 e. The van der Waals surface area contributed by atoms with Crippen molar-refractivity contribution in [3.05, 3.63) is 6.92 Å². The van der Waals surface area contributed by atoms with E-state index in [0.29, 0.717) is 6.17 Å². The van der Waals surface area contributed by atoms with Gasteiger partial charge in [0.25, 0.3) is 0 Å². The highest BCUT2D eigenvalue weighted by Crippen LogP contribution is 2.26. The molecule has 1 saturated carbocycles. The zero-order valence-corrected chi connectivity index (χ0v) is 12.9. The third-order valence-corrected chi connectivity index (χ3v) is 5.12. The van der Waals surface area contributed by atoms with Gasteiger partial charge in [0.05, 0.1) is 6.17 Å². The van der Waals surface area contributed by atoms with E-state index in [0.717, 1.165) is 12.3 Å². The largest absolute Gasteiger partial charge is 0.288 e. The fraction of sp³-hybridized carbons (Fsp3) is 0.941. The van der Waals surface area contributed by atoms with E-state index in [1.165, 1.54) is 77.5 Å². The van der Waals surface area contributed by atoms with Gasteiger partial charge < -0.3 is 0 Å². The lowest BCUT2D eigenvalue weighted by atomic mass is 9.88. The van der Waals surface area contributed by atoms with Crippen molar-refractivity contribution in [3.8, 4) is 0 Å². The van der Waals surface area contributed by atoms with E-state index in [1.54, 1.807) is 0 Å². The lowest BCUT2D eigenvalue weighted by Crippen LogP contribution is -2.51. The summed E-state index contributed by atoms with van der Waals surface area (Å²) in [5, 5.41) is 0. The molecule has 2 heteroatoms. The molecule has 0 spiro atoms. The van der Waals surface area contributed by atoms with Crippen LogP contribution in [0.15, 0.2) is 0 Å². The summed E-state index contributed by atoms with van der Waals surface area (Å²) in [6, 6.07) is 0. The average molecular weight is 265 g/mol. The summed E-state index contributed by atoms with van der Waals surface area (Å²) in [5.74, 6) is 0.951. The second-order valence-corrected chi connectivity index (χ2v) is 6.46. The second kappa shape index (κ2) is 8.26. The first-order valence-corrected chi connectivity index (χ1v) is 8.62. The van der Waals surface area contributed by atoms with Gasteiger partial charge in [-0.05, 0) is 57.7 Å². The van der Waals surface area contributed by atoms with Crippen LogP contribution in [0.4, 0.5) is 0 Å². The van der Waals surface area contributed by atoms with E-state index in [1.807, 2.05) is 0 Å². The van der Waals surface area contributed by atoms with Gasteiger partial charge in [0.15, 0.2) is 0 Å². The van der Waals surface area contributed by atoms with Crippen molar-refractivity contribution in [2.45, 2.75) is 70.9 Å². The zero-order chi connectivity index (χ0) is 13.5. The molecule has 111 valence electrons. The van der Waals surface area contributed by atoms with E-state index < -0.39 is 0 Å². The Bertz CT molecular complexity index is 229. The Morgan fingerprint density at radius 2 is 1.68 bits per heavy atom. The van der Waals surface area contributed by atoms with Crippen LogP contribution in [0.5, 0.6) is 0 Å². The van der Waals surface area contributed by atoms with Gasteiger partial charge in [-0.2, -0.15) is 0 Å². The van der Waals surface area contributed by atoms with E-state index >= 15 is 0 Å². The van der Waals surface area contributed by atoms with Crippen molar-refractivity contribution in [2.75, 3.05) is 26.2 Å². The van der Waals surface area contributed by atoms with Crippen LogP contribution in [-0.4, -0.2) is 42.1 Å². The highest BCUT2D eigenvalue weighted by molar-refractivity contribution is 4.79. The number of likely N-dealkylation sites (tertiary alicyclic amines) is 1. The molecule has 2 aliphatic rings. The summed E-state index contributed by atoms with van der Waals surface area (Å²) < 4.78 is 0. The number of rotatable bonds is 6. The van der Waals surface area contributed by atoms with Gasteiger partial charge >= 0.3 is 0 Å². The van der Waals surface area contributed by atoms with Gasteiger partial charge in [-0.25, -0.2) is 0 Å². The lowest BCUT2D eigenvalue weighted by molar-refractivity contribution is 0.0199. The Morgan fingerprint density at radius 1 is 1.05 bits per heavy atom.